The van der Waals surface area contributed by atoms with Crippen LogP contribution in [0.2, 0.25) is 0 Å². The highest BCUT2D eigenvalue weighted by atomic mass is 15.2. The molecule has 3 unspecified atom stereocenters. The number of hydrogen-bond donors (Lipinski definition) is 1. The molecule has 3 heteroatoms. The molecule has 0 aromatic carbocycles. The average Bonchev–Trinajstić information content (AvgIpc) is 2.43. The van der Waals surface area contributed by atoms with E-state index in [0.717, 1.165) is 18.7 Å². The number of pyridine rings is 1. The molecule has 19 heavy (non-hydrogen) atoms. The highest BCUT2D eigenvalue weighted by Crippen LogP contribution is 2.25. The van der Waals surface area contributed by atoms with E-state index in [4.69, 9.17) is 5.73 Å². The van der Waals surface area contributed by atoms with E-state index in [0.29, 0.717) is 6.04 Å². The van der Waals surface area contributed by atoms with E-state index >= 15 is 0 Å². The molecule has 0 spiro atoms. The van der Waals surface area contributed by atoms with Gasteiger partial charge in [0.25, 0.3) is 0 Å². The van der Waals surface area contributed by atoms with Crippen molar-refractivity contribution in [1.29, 1.82) is 0 Å². The van der Waals surface area contributed by atoms with E-state index < -0.39 is 0 Å². The van der Waals surface area contributed by atoms with Crippen molar-refractivity contribution in [2.75, 3.05) is 6.54 Å². The Morgan fingerprint density at radius 1 is 1.26 bits per heavy atom. The maximum absolute atomic E-state index is 6.25. The van der Waals surface area contributed by atoms with Gasteiger partial charge in [-0.05, 0) is 45.4 Å². The van der Waals surface area contributed by atoms with Gasteiger partial charge in [-0.3, -0.25) is 9.88 Å². The van der Waals surface area contributed by atoms with Crippen LogP contribution in [0, 0.1) is 0 Å². The van der Waals surface area contributed by atoms with Gasteiger partial charge in [-0.2, -0.15) is 0 Å². The van der Waals surface area contributed by atoms with Gasteiger partial charge < -0.3 is 5.73 Å². The standard InChI is InChI=1S/C16H29N3/c1-5-7-12-19(13(3)6-2)16(14(4)17)15-10-8-9-11-18-15/h8-11,13-14,16H,5-7,12,17H2,1-4H3. The van der Waals surface area contributed by atoms with Crippen molar-refractivity contribution in [2.24, 2.45) is 5.73 Å². The first-order chi connectivity index (χ1) is 9.11. The summed E-state index contributed by atoms with van der Waals surface area (Å²) in [6.07, 6.45) is 5.42. The van der Waals surface area contributed by atoms with Gasteiger partial charge in [-0.25, -0.2) is 0 Å². The highest BCUT2D eigenvalue weighted by molar-refractivity contribution is 5.11. The van der Waals surface area contributed by atoms with Crippen LogP contribution in [0.4, 0.5) is 0 Å². The molecule has 0 saturated heterocycles. The van der Waals surface area contributed by atoms with Crippen LogP contribution in [0.3, 0.4) is 0 Å². The fraction of sp³-hybridized carbons (Fsp3) is 0.688. The van der Waals surface area contributed by atoms with Crippen LogP contribution in [0.5, 0.6) is 0 Å². The van der Waals surface area contributed by atoms with E-state index in [9.17, 15) is 0 Å². The van der Waals surface area contributed by atoms with Crippen molar-refractivity contribution < 1.29 is 0 Å². The number of hydrogen-bond acceptors (Lipinski definition) is 3. The van der Waals surface area contributed by atoms with Crippen molar-refractivity contribution in [3.05, 3.63) is 30.1 Å². The van der Waals surface area contributed by atoms with Crippen LogP contribution >= 0.6 is 0 Å². The summed E-state index contributed by atoms with van der Waals surface area (Å²) >= 11 is 0. The van der Waals surface area contributed by atoms with Crippen molar-refractivity contribution in [3.8, 4) is 0 Å². The minimum Gasteiger partial charge on any atom is -0.326 e. The summed E-state index contributed by atoms with van der Waals surface area (Å²) < 4.78 is 0. The zero-order chi connectivity index (χ0) is 14.3. The van der Waals surface area contributed by atoms with Gasteiger partial charge in [0.05, 0.1) is 11.7 Å². The van der Waals surface area contributed by atoms with Crippen LogP contribution in [-0.4, -0.2) is 28.5 Å². The fourth-order valence-electron chi connectivity index (χ4n) is 2.50. The molecule has 0 radical (unpaired) electrons. The maximum atomic E-state index is 6.25. The molecule has 3 nitrogen and oxygen atoms in total. The summed E-state index contributed by atoms with van der Waals surface area (Å²) in [5.41, 5.74) is 7.34. The molecule has 1 aromatic heterocycles. The average molecular weight is 263 g/mol. The minimum atomic E-state index is 0.0840. The van der Waals surface area contributed by atoms with Gasteiger partial charge in [0.1, 0.15) is 0 Å². The molecule has 0 aliphatic heterocycles. The molecule has 0 amide bonds. The topological polar surface area (TPSA) is 42.2 Å². The number of unbranched alkanes of at least 4 members (excludes halogenated alkanes) is 1. The Bertz CT molecular complexity index is 337. The zero-order valence-corrected chi connectivity index (χ0v) is 12.8. The second-order valence-corrected chi connectivity index (χ2v) is 5.41. The zero-order valence-electron chi connectivity index (χ0n) is 12.8. The maximum Gasteiger partial charge on any atom is 0.0673 e. The molecule has 1 aromatic rings. The summed E-state index contributed by atoms with van der Waals surface area (Å²) in [5.74, 6) is 0. The molecule has 0 fully saturated rings. The van der Waals surface area contributed by atoms with Crippen LogP contribution in [0.15, 0.2) is 24.4 Å². The molecule has 0 aliphatic carbocycles. The predicted octanol–water partition coefficient (Wildman–Crippen LogP) is 3.37. The predicted molar refractivity (Wildman–Crippen MR) is 82.0 cm³/mol. The van der Waals surface area contributed by atoms with E-state index in [2.05, 4.69) is 43.6 Å². The van der Waals surface area contributed by atoms with Crippen molar-refractivity contribution in [2.45, 2.75) is 65.1 Å². The molecule has 108 valence electrons. The Hall–Kier alpha value is -0.930. The Balaban J connectivity index is 2.98. The third-order valence-electron chi connectivity index (χ3n) is 3.77. The number of aromatic nitrogens is 1. The van der Waals surface area contributed by atoms with Crippen molar-refractivity contribution >= 4 is 0 Å². The molecule has 1 rings (SSSR count). The largest absolute Gasteiger partial charge is 0.326 e. The summed E-state index contributed by atoms with van der Waals surface area (Å²) in [7, 11) is 0. The second-order valence-electron chi connectivity index (χ2n) is 5.41. The van der Waals surface area contributed by atoms with Crippen molar-refractivity contribution in [1.82, 2.24) is 9.88 Å². The Kier molecular flexibility index (Phi) is 7.03. The summed E-state index contributed by atoms with van der Waals surface area (Å²) in [5, 5.41) is 0. The molecule has 2 N–H and O–H groups in total. The Labute approximate surface area is 118 Å². The summed E-state index contributed by atoms with van der Waals surface area (Å²) in [6.45, 7) is 9.93. The van der Waals surface area contributed by atoms with Gasteiger partial charge in [0.2, 0.25) is 0 Å². The van der Waals surface area contributed by atoms with Gasteiger partial charge in [-0.1, -0.05) is 26.3 Å². The smallest absolute Gasteiger partial charge is 0.0673 e. The van der Waals surface area contributed by atoms with Crippen LogP contribution in [0.1, 0.15) is 58.7 Å². The number of nitrogens with two attached hydrogens (primary N) is 1. The Morgan fingerprint density at radius 3 is 2.47 bits per heavy atom. The second kappa shape index (κ2) is 8.28. The van der Waals surface area contributed by atoms with E-state index in [-0.39, 0.29) is 12.1 Å². The number of rotatable bonds is 8. The van der Waals surface area contributed by atoms with Gasteiger partial charge in [0.15, 0.2) is 0 Å². The lowest BCUT2D eigenvalue weighted by Crippen LogP contribution is -2.44. The van der Waals surface area contributed by atoms with E-state index in [1.54, 1.807) is 0 Å². The monoisotopic (exact) mass is 263 g/mol. The lowest BCUT2D eigenvalue weighted by Gasteiger charge is -2.38. The quantitative estimate of drug-likeness (QED) is 0.782. The van der Waals surface area contributed by atoms with Gasteiger partial charge >= 0.3 is 0 Å². The number of nitrogens with zero attached hydrogens (tertiary/aromatic N) is 2. The summed E-state index contributed by atoms with van der Waals surface area (Å²) in [6, 6.07) is 6.93. The Morgan fingerprint density at radius 2 is 2.00 bits per heavy atom. The molecular weight excluding hydrogens is 234 g/mol. The third kappa shape index (κ3) is 4.59. The highest BCUT2D eigenvalue weighted by Gasteiger charge is 2.27. The minimum absolute atomic E-state index is 0.0840. The molecule has 1 heterocycles. The molecule has 3 atom stereocenters. The first-order valence-electron chi connectivity index (χ1n) is 7.54. The van der Waals surface area contributed by atoms with Crippen LogP contribution < -0.4 is 5.73 Å². The first-order valence-corrected chi connectivity index (χ1v) is 7.54. The SMILES string of the molecule is CCCCN(C(C)CC)C(c1ccccn1)C(C)N. The van der Waals surface area contributed by atoms with Crippen LogP contribution in [-0.2, 0) is 0 Å². The molecule has 0 aliphatic rings. The van der Waals surface area contributed by atoms with E-state index in [1.165, 1.54) is 12.8 Å². The van der Waals surface area contributed by atoms with Gasteiger partial charge in [0, 0.05) is 18.3 Å². The molecular formula is C16H29N3. The van der Waals surface area contributed by atoms with E-state index in [1.807, 2.05) is 18.3 Å². The molecule has 0 saturated carbocycles. The third-order valence-corrected chi connectivity index (χ3v) is 3.77. The van der Waals surface area contributed by atoms with Gasteiger partial charge in [-0.15, -0.1) is 0 Å². The first kappa shape index (κ1) is 16.1. The molecule has 0 bridgehead atoms. The van der Waals surface area contributed by atoms with Crippen LogP contribution in [0.25, 0.3) is 0 Å². The summed E-state index contributed by atoms with van der Waals surface area (Å²) in [4.78, 5) is 7.05. The fourth-order valence-corrected chi connectivity index (χ4v) is 2.50. The lowest BCUT2D eigenvalue weighted by molar-refractivity contribution is 0.118. The lowest BCUT2D eigenvalue weighted by atomic mass is 10.0. The van der Waals surface area contributed by atoms with Crippen molar-refractivity contribution in [3.63, 3.8) is 0 Å². The normalized spacial score (nSPS) is 16.3.